The lowest BCUT2D eigenvalue weighted by atomic mass is 10.2. The van der Waals surface area contributed by atoms with E-state index in [2.05, 4.69) is 30.7 Å². The number of hydrogen-bond acceptors (Lipinski definition) is 5. The molecule has 1 unspecified atom stereocenters. The minimum absolute atomic E-state index is 0. The lowest BCUT2D eigenvalue weighted by molar-refractivity contribution is 0.0507. The first-order valence-electron chi connectivity index (χ1n) is 8.06. The molecule has 9 nitrogen and oxygen atoms in total. The van der Waals surface area contributed by atoms with Crippen molar-refractivity contribution in [3.05, 3.63) is 12.2 Å². The van der Waals surface area contributed by atoms with Crippen molar-refractivity contribution in [3.63, 3.8) is 0 Å². The Labute approximate surface area is 165 Å². The van der Waals surface area contributed by atoms with E-state index in [0.717, 1.165) is 24.7 Å². The molecule has 142 valence electrons. The molecule has 0 radical (unpaired) electrons. The first kappa shape index (κ1) is 21.5. The summed E-state index contributed by atoms with van der Waals surface area (Å²) in [6, 6.07) is 0.0493. The molecule has 1 amide bonds. The van der Waals surface area contributed by atoms with Gasteiger partial charge in [-0.05, 0) is 27.2 Å². The van der Waals surface area contributed by atoms with Crippen LogP contribution in [0.4, 0.5) is 4.79 Å². The van der Waals surface area contributed by atoms with Crippen LogP contribution in [0.25, 0.3) is 0 Å². The van der Waals surface area contributed by atoms with Gasteiger partial charge in [-0.2, -0.15) is 0 Å². The number of likely N-dealkylation sites (tertiary alicyclic amines) is 1. The van der Waals surface area contributed by atoms with Crippen molar-refractivity contribution < 1.29 is 9.53 Å². The van der Waals surface area contributed by atoms with Crippen LogP contribution in [0.15, 0.2) is 11.3 Å². The summed E-state index contributed by atoms with van der Waals surface area (Å²) >= 11 is 0. The fraction of sp³-hybridized carbons (Fsp3) is 0.733. The second-order valence-electron chi connectivity index (χ2n) is 6.84. The number of rotatable bonds is 3. The summed E-state index contributed by atoms with van der Waals surface area (Å²) in [5, 5.41) is 14.1. The highest BCUT2D eigenvalue weighted by Gasteiger charge is 2.27. The monoisotopic (exact) mass is 465 g/mol. The number of amides is 1. The second-order valence-corrected chi connectivity index (χ2v) is 6.84. The first-order valence-corrected chi connectivity index (χ1v) is 8.06. The highest BCUT2D eigenvalue weighted by atomic mass is 127. The van der Waals surface area contributed by atoms with Crippen LogP contribution in [0.5, 0.6) is 0 Å². The van der Waals surface area contributed by atoms with E-state index in [1.54, 1.807) is 13.4 Å². The van der Waals surface area contributed by atoms with Crippen molar-refractivity contribution in [2.24, 2.45) is 12.0 Å². The van der Waals surface area contributed by atoms with Crippen molar-refractivity contribution in [2.75, 3.05) is 20.1 Å². The molecule has 10 heteroatoms. The molecule has 0 aliphatic carbocycles. The molecule has 0 spiro atoms. The Kier molecular flexibility index (Phi) is 7.90. The average molecular weight is 465 g/mol. The Bertz CT molecular complexity index is 597. The summed E-state index contributed by atoms with van der Waals surface area (Å²) in [5.41, 5.74) is -0.490. The largest absolute Gasteiger partial charge is 0.444 e. The SMILES string of the molecule is CN=C(NCc1nncn1C)N1CCC(NC(=O)OC(C)(C)C)C1.I. The van der Waals surface area contributed by atoms with Crippen molar-refractivity contribution in [1.29, 1.82) is 0 Å². The first-order chi connectivity index (χ1) is 11.3. The molecular weight excluding hydrogens is 437 g/mol. The summed E-state index contributed by atoms with van der Waals surface area (Å²) < 4.78 is 7.16. The number of halogens is 1. The highest BCUT2D eigenvalue weighted by molar-refractivity contribution is 14.0. The third-order valence-electron chi connectivity index (χ3n) is 3.63. The molecule has 1 fully saturated rings. The molecule has 0 bridgehead atoms. The fourth-order valence-electron chi connectivity index (χ4n) is 2.50. The van der Waals surface area contributed by atoms with Gasteiger partial charge in [-0.3, -0.25) is 4.99 Å². The average Bonchev–Trinajstić information content (AvgIpc) is 3.07. The van der Waals surface area contributed by atoms with Crippen LogP contribution in [-0.4, -0.2) is 63.5 Å². The number of ether oxygens (including phenoxy) is 1. The van der Waals surface area contributed by atoms with Gasteiger partial charge in [0.1, 0.15) is 11.9 Å². The van der Waals surface area contributed by atoms with Gasteiger partial charge in [-0.25, -0.2) is 4.79 Å². The fourth-order valence-corrected chi connectivity index (χ4v) is 2.50. The van der Waals surface area contributed by atoms with Crippen molar-refractivity contribution in [1.82, 2.24) is 30.3 Å². The Morgan fingerprint density at radius 1 is 1.48 bits per heavy atom. The van der Waals surface area contributed by atoms with Crippen molar-refractivity contribution in [2.45, 2.75) is 45.4 Å². The number of guanidine groups is 1. The molecule has 1 aliphatic rings. The van der Waals surface area contributed by atoms with Gasteiger partial charge >= 0.3 is 6.09 Å². The summed E-state index contributed by atoms with van der Waals surface area (Å²) in [7, 11) is 3.64. The van der Waals surface area contributed by atoms with Crippen molar-refractivity contribution in [3.8, 4) is 0 Å². The summed E-state index contributed by atoms with van der Waals surface area (Å²) in [4.78, 5) is 18.3. The van der Waals surface area contributed by atoms with Gasteiger partial charge in [0.2, 0.25) is 0 Å². The van der Waals surface area contributed by atoms with E-state index in [9.17, 15) is 4.79 Å². The Hall–Kier alpha value is -1.59. The molecule has 1 aromatic rings. The Morgan fingerprint density at radius 2 is 2.20 bits per heavy atom. The molecule has 1 atom stereocenters. The normalized spacial score (nSPS) is 17.9. The van der Waals surface area contributed by atoms with Crippen LogP contribution in [0.2, 0.25) is 0 Å². The van der Waals surface area contributed by atoms with Crippen LogP contribution in [0, 0.1) is 0 Å². The second kappa shape index (κ2) is 9.20. The highest BCUT2D eigenvalue weighted by Crippen LogP contribution is 2.12. The quantitative estimate of drug-likeness (QED) is 0.395. The molecule has 0 aromatic carbocycles. The van der Waals surface area contributed by atoms with E-state index in [1.807, 2.05) is 32.4 Å². The van der Waals surface area contributed by atoms with E-state index in [0.29, 0.717) is 13.1 Å². The summed E-state index contributed by atoms with van der Waals surface area (Å²) in [6.45, 7) is 7.61. The zero-order valence-electron chi connectivity index (χ0n) is 15.4. The molecule has 1 saturated heterocycles. The summed E-state index contributed by atoms with van der Waals surface area (Å²) in [6.07, 6.45) is 2.14. The molecule has 25 heavy (non-hydrogen) atoms. The van der Waals surface area contributed by atoms with E-state index >= 15 is 0 Å². The maximum absolute atomic E-state index is 11.9. The molecule has 2 N–H and O–H groups in total. The number of alkyl carbamates (subject to hydrolysis) is 1. The maximum atomic E-state index is 11.9. The standard InChI is InChI=1S/C15H27N7O2.HI/c1-15(2,3)24-14(23)19-11-6-7-22(9-11)13(16-4)17-8-12-20-18-10-21(12)5;/h10-11H,6-9H2,1-5H3,(H,16,17)(H,19,23);1H. The van der Waals surface area contributed by atoms with Crippen LogP contribution < -0.4 is 10.6 Å². The molecule has 2 heterocycles. The summed E-state index contributed by atoms with van der Waals surface area (Å²) in [5.74, 6) is 1.62. The van der Waals surface area contributed by atoms with Gasteiger partial charge in [-0.15, -0.1) is 34.2 Å². The topological polar surface area (TPSA) is 96.7 Å². The molecule has 1 aliphatic heterocycles. The number of aliphatic imine (C=N–C) groups is 1. The zero-order valence-corrected chi connectivity index (χ0v) is 17.8. The van der Waals surface area contributed by atoms with Crippen LogP contribution in [0.1, 0.15) is 33.0 Å². The van der Waals surface area contributed by atoms with Gasteiger partial charge in [0.25, 0.3) is 0 Å². The molecule has 2 rings (SSSR count). The van der Waals surface area contributed by atoms with Gasteiger partial charge < -0.3 is 24.8 Å². The zero-order chi connectivity index (χ0) is 17.7. The molecule has 1 aromatic heterocycles. The maximum Gasteiger partial charge on any atom is 0.407 e. The number of nitrogens with zero attached hydrogens (tertiary/aromatic N) is 5. The lowest BCUT2D eigenvalue weighted by Crippen LogP contribution is -2.44. The molecular formula is C15H28IN7O2. The van der Waals surface area contributed by atoms with Gasteiger partial charge in [0.15, 0.2) is 11.8 Å². The minimum Gasteiger partial charge on any atom is -0.444 e. The minimum atomic E-state index is -0.490. The van der Waals surface area contributed by atoms with Crippen molar-refractivity contribution >= 4 is 36.0 Å². The Balaban J connectivity index is 0.00000312. The van der Waals surface area contributed by atoms with E-state index in [4.69, 9.17) is 4.74 Å². The third kappa shape index (κ3) is 6.67. The number of carbonyl (C=O) groups is 1. The van der Waals surface area contributed by atoms with E-state index in [1.165, 1.54) is 0 Å². The van der Waals surface area contributed by atoms with E-state index in [-0.39, 0.29) is 36.1 Å². The smallest absolute Gasteiger partial charge is 0.407 e. The van der Waals surface area contributed by atoms with Gasteiger partial charge in [-0.1, -0.05) is 0 Å². The number of carbonyl (C=O) groups excluding carboxylic acids is 1. The van der Waals surface area contributed by atoms with Crippen LogP contribution >= 0.6 is 24.0 Å². The molecule has 0 saturated carbocycles. The van der Waals surface area contributed by atoms with Crippen LogP contribution in [-0.2, 0) is 18.3 Å². The predicted molar refractivity (Wildman–Crippen MR) is 106 cm³/mol. The Morgan fingerprint density at radius 3 is 2.76 bits per heavy atom. The van der Waals surface area contributed by atoms with Gasteiger partial charge in [0, 0.05) is 27.2 Å². The third-order valence-corrected chi connectivity index (χ3v) is 3.63. The number of hydrogen-bond donors (Lipinski definition) is 2. The lowest BCUT2D eigenvalue weighted by Gasteiger charge is -2.23. The van der Waals surface area contributed by atoms with E-state index < -0.39 is 5.60 Å². The number of aromatic nitrogens is 3. The van der Waals surface area contributed by atoms with Crippen LogP contribution in [0.3, 0.4) is 0 Å². The predicted octanol–water partition coefficient (Wildman–Crippen LogP) is 1.11. The van der Waals surface area contributed by atoms with Gasteiger partial charge in [0.05, 0.1) is 12.6 Å². The number of aryl methyl sites for hydroxylation is 1. The number of nitrogens with one attached hydrogen (secondary N) is 2.